The highest BCUT2D eigenvalue weighted by atomic mass is 32.2. The third kappa shape index (κ3) is 4.17. The van der Waals surface area contributed by atoms with Crippen molar-refractivity contribution in [2.24, 2.45) is 0 Å². The van der Waals surface area contributed by atoms with E-state index in [1.807, 2.05) is 73.0 Å². The molecule has 30 heavy (non-hydrogen) atoms. The molecule has 4 aromatic rings. The number of nitrogens with zero attached hydrogens (tertiary/aromatic N) is 3. The second-order valence-electron chi connectivity index (χ2n) is 6.95. The molecular weight excluding hydrogens is 414 g/mol. The zero-order valence-corrected chi connectivity index (χ0v) is 18.3. The fraction of sp³-hybridized carbons (Fsp3) is 0.174. The molecule has 0 aliphatic heterocycles. The first-order valence-electron chi connectivity index (χ1n) is 9.56. The molecule has 5 nitrogen and oxygen atoms in total. The Labute approximate surface area is 183 Å². The normalized spacial score (nSPS) is 12.1. The number of hydrogen-bond acceptors (Lipinski definition) is 5. The van der Waals surface area contributed by atoms with Gasteiger partial charge in [-0.15, -0.1) is 11.3 Å². The van der Waals surface area contributed by atoms with Crippen LogP contribution in [0.3, 0.4) is 0 Å². The van der Waals surface area contributed by atoms with Crippen molar-refractivity contribution in [1.82, 2.24) is 14.5 Å². The van der Waals surface area contributed by atoms with Gasteiger partial charge in [-0.2, -0.15) is 0 Å². The highest BCUT2D eigenvalue weighted by Gasteiger charge is 2.23. The first-order chi connectivity index (χ1) is 14.5. The fourth-order valence-electron chi connectivity index (χ4n) is 3.23. The monoisotopic (exact) mass is 435 g/mol. The van der Waals surface area contributed by atoms with Gasteiger partial charge in [-0.05, 0) is 36.1 Å². The summed E-state index contributed by atoms with van der Waals surface area (Å²) in [6.45, 7) is 2.39. The Bertz CT molecular complexity index is 1220. The van der Waals surface area contributed by atoms with Gasteiger partial charge in [-0.1, -0.05) is 60.3 Å². The van der Waals surface area contributed by atoms with E-state index >= 15 is 0 Å². The minimum atomic E-state index is -0.391. The van der Waals surface area contributed by atoms with E-state index in [2.05, 4.69) is 0 Å². The molecule has 1 amide bonds. The Hall–Kier alpha value is -2.90. The third-order valence-corrected chi connectivity index (χ3v) is 6.60. The first kappa shape index (κ1) is 20.4. The largest absolute Gasteiger partial charge is 0.340 e. The predicted octanol–water partition coefficient (Wildman–Crippen LogP) is 4.59. The van der Waals surface area contributed by atoms with Crippen LogP contribution < -0.4 is 5.56 Å². The summed E-state index contributed by atoms with van der Waals surface area (Å²) in [7, 11) is 1.80. The maximum absolute atomic E-state index is 13.2. The highest BCUT2D eigenvalue weighted by Crippen LogP contribution is 2.27. The second kappa shape index (κ2) is 8.85. The molecule has 0 saturated heterocycles. The van der Waals surface area contributed by atoms with Gasteiger partial charge in [-0.25, -0.2) is 4.98 Å². The molecule has 0 bridgehead atoms. The average molecular weight is 436 g/mol. The lowest BCUT2D eigenvalue weighted by atomic mass is 10.2. The van der Waals surface area contributed by atoms with Crippen LogP contribution in [0.2, 0.25) is 0 Å². The second-order valence-corrected chi connectivity index (χ2v) is 9.15. The van der Waals surface area contributed by atoms with Crippen LogP contribution >= 0.6 is 23.1 Å². The Morgan fingerprint density at radius 2 is 1.77 bits per heavy atom. The lowest BCUT2D eigenvalue weighted by Crippen LogP contribution is -2.33. The zero-order chi connectivity index (χ0) is 21.1. The lowest BCUT2D eigenvalue weighted by molar-refractivity contribution is -0.129. The molecule has 0 fully saturated rings. The van der Waals surface area contributed by atoms with Crippen molar-refractivity contribution < 1.29 is 4.79 Å². The number of hydrogen-bond donors (Lipinski definition) is 0. The van der Waals surface area contributed by atoms with Crippen molar-refractivity contribution in [3.63, 3.8) is 0 Å². The lowest BCUT2D eigenvalue weighted by Gasteiger charge is -2.22. The molecule has 1 unspecified atom stereocenters. The number of rotatable bonds is 6. The van der Waals surface area contributed by atoms with Crippen molar-refractivity contribution in [2.75, 3.05) is 7.05 Å². The van der Waals surface area contributed by atoms with Gasteiger partial charge in [0.2, 0.25) is 5.91 Å². The Kier molecular flexibility index (Phi) is 6.01. The summed E-state index contributed by atoms with van der Waals surface area (Å²) in [6.07, 6.45) is 0. The topological polar surface area (TPSA) is 55.2 Å². The maximum atomic E-state index is 13.2. The van der Waals surface area contributed by atoms with Crippen molar-refractivity contribution in [2.45, 2.75) is 23.9 Å². The van der Waals surface area contributed by atoms with Crippen molar-refractivity contribution in [3.05, 3.63) is 88.0 Å². The SMILES string of the molecule is CC(Sc1nc2sccc2c(=O)n1-c1ccccc1)C(=O)N(C)Cc1ccccc1. The van der Waals surface area contributed by atoms with Gasteiger partial charge in [0.05, 0.1) is 16.3 Å². The Morgan fingerprint density at radius 3 is 2.47 bits per heavy atom. The molecule has 0 N–H and O–H groups in total. The highest BCUT2D eigenvalue weighted by molar-refractivity contribution is 8.00. The number of thioether (sulfide) groups is 1. The van der Waals surface area contributed by atoms with E-state index in [-0.39, 0.29) is 11.5 Å². The molecule has 0 saturated carbocycles. The fourth-order valence-corrected chi connectivity index (χ4v) is 5.08. The summed E-state index contributed by atoms with van der Waals surface area (Å²) in [5.41, 5.74) is 1.69. The van der Waals surface area contributed by atoms with Crippen LogP contribution in [0.15, 0.2) is 82.1 Å². The summed E-state index contributed by atoms with van der Waals surface area (Å²) >= 11 is 2.74. The number of fused-ring (bicyclic) bond motifs is 1. The third-order valence-electron chi connectivity index (χ3n) is 4.75. The molecule has 0 spiro atoms. The molecule has 152 valence electrons. The van der Waals surface area contributed by atoms with E-state index in [1.54, 1.807) is 22.6 Å². The van der Waals surface area contributed by atoms with E-state index < -0.39 is 5.25 Å². The van der Waals surface area contributed by atoms with E-state index in [1.165, 1.54) is 23.1 Å². The van der Waals surface area contributed by atoms with Crippen LogP contribution in [0.4, 0.5) is 0 Å². The maximum Gasteiger partial charge on any atom is 0.267 e. The summed E-state index contributed by atoms with van der Waals surface area (Å²) in [4.78, 5) is 33.3. The number of aromatic nitrogens is 2. The molecule has 0 aliphatic carbocycles. The van der Waals surface area contributed by atoms with Crippen LogP contribution in [0, 0.1) is 0 Å². The number of carbonyl (C=O) groups excluding carboxylic acids is 1. The number of para-hydroxylation sites is 1. The molecule has 0 radical (unpaired) electrons. The summed E-state index contributed by atoms with van der Waals surface area (Å²) in [5.74, 6) is -0.0102. The molecule has 2 aromatic carbocycles. The minimum Gasteiger partial charge on any atom is -0.340 e. The molecule has 2 heterocycles. The molecule has 2 aromatic heterocycles. The number of benzene rings is 2. The van der Waals surface area contributed by atoms with Crippen LogP contribution in [-0.4, -0.2) is 32.7 Å². The standard InChI is InChI=1S/C23H21N3O2S2/c1-16(21(27)25(2)15-17-9-5-3-6-10-17)30-23-24-20-19(13-14-29-20)22(28)26(23)18-11-7-4-8-12-18/h3-14,16H,15H2,1-2H3. The van der Waals surface area contributed by atoms with Gasteiger partial charge in [-0.3, -0.25) is 14.2 Å². The van der Waals surface area contributed by atoms with Gasteiger partial charge < -0.3 is 4.90 Å². The number of carbonyl (C=O) groups is 1. The first-order valence-corrected chi connectivity index (χ1v) is 11.3. The Balaban J connectivity index is 1.64. The summed E-state index contributed by atoms with van der Waals surface area (Å²) in [6, 6.07) is 21.1. The van der Waals surface area contributed by atoms with E-state index in [4.69, 9.17) is 4.98 Å². The zero-order valence-electron chi connectivity index (χ0n) is 16.7. The average Bonchev–Trinajstić information content (AvgIpc) is 3.23. The van der Waals surface area contributed by atoms with Crippen LogP contribution in [0.5, 0.6) is 0 Å². The molecule has 7 heteroatoms. The molecule has 4 rings (SSSR count). The number of thiophene rings is 1. The van der Waals surface area contributed by atoms with Crippen molar-refractivity contribution in [1.29, 1.82) is 0 Å². The smallest absolute Gasteiger partial charge is 0.267 e. The van der Waals surface area contributed by atoms with Crippen molar-refractivity contribution in [3.8, 4) is 5.69 Å². The van der Waals surface area contributed by atoms with E-state index in [0.717, 1.165) is 11.3 Å². The van der Waals surface area contributed by atoms with Crippen molar-refractivity contribution >= 4 is 39.2 Å². The van der Waals surface area contributed by atoms with Gasteiger partial charge in [0.1, 0.15) is 4.83 Å². The minimum absolute atomic E-state index is 0.0102. The molecule has 0 aliphatic rings. The molecule has 1 atom stereocenters. The van der Waals surface area contributed by atoms with Crippen LogP contribution in [-0.2, 0) is 11.3 Å². The van der Waals surface area contributed by atoms with Crippen LogP contribution in [0.25, 0.3) is 15.9 Å². The van der Waals surface area contributed by atoms with Gasteiger partial charge >= 0.3 is 0 Å². The summed E-state index contributed by atoms with van der Waals surface area (Å²) < 4.78 is 1.60. The number of amides is 1. The quantitative estimate of drug-likeness (QED) is 0.328. The summed E-state index contributed by atoms with van der Waals surface area (Å²) in [5, 5.41) is 2.59. The van der Waals surface area contributed by atoms with Gasteiger partial charge in [0.25, 0.3) is 5.56 Å². The van der Waals surface area contributed by atoms with E-state index in [9.17, 15) is 9.59 Å². The van der Waals surface area contributed by atoms with Gasteiger partial charge in [0.15, 0.2) is 5.16 Å². The Morgan fingerprint density at radius 1 is 1.10 bits per heavy atom. The van der Waals surface area contributed by atoms with Gasteiger partial charge in [0, 0.05) is 13.6 Å². The molecular formula is C23H21N3O2S2. The van der Waals surface area contributed by atoms with Crippen LogP contribution in [0.1, 0.15) is 12.5 Å². The predicted molar refractivity (Wildman–Crippen MR) is 123 cm³/mol. The van der Waals surface area contributed by atoms with E-state index in [0.29, 0.717) is 21.9 Å².